The largest absolute Gasteiger partial charge is 0.495 e. The van der Waals surface area contributed by atoms with Gasteiger partial charge in [0, 0.05) is 6.54 Å². The Morgan fingerprint density at radius 1 is 1.04 bits per heavy atom. The van der Waals surface area contributed by atoms with Gasteiger partial charge in [-0.25, -0.2) is 13.1 Å². The van der Waals surface area contributed by atoms with Crippen LogP contribution < -0.4 is 14.2 Å². The summed E-state index contributed by atoms with van der Waals surface area (Å²) in [4.78, 5) is -0.105. The van der Waals surface area contributed by atoms with Crippen LogP contribution in [-0.4, -0.2) is 28.7 Å². The van der Waals surface area contributed by atoms with Gasteiger partial charge in [-0.15, -0.1) is 0 Å². The first-order chi connectivity index (χ1) is 11.7. The quantitative estimate of drug-likeness (QED) is 0.710. The van der Waals surface area contributed by atoms with Gasteiger partial charge in [0.1, 0.15) is 28.0 Å². The highest BCUT2D eigenvalue weighted by molar-refractivity contribution is 7.89. The smallest absolute Gasteiger partial charge is 0.242 e. The number of hydrogen-bond acceptors (Lipinski definition) is 4. The van der Waals surface area contributed by atoms with Crippen LogP contribution in [0.1, 0.15) is 11.1 Å². The lowest BCUT2D eigenvalue weighted by Crippen LogP contribution is -2.28. The van der Waals surface area contributed by atoms with Crippen LogP contribution in [0.3, 0.4) is 0 Å². The molecule has 0 unspecified atom stereocenters. The van der Waals surface area contributed by atoms with Crippen LogP contribution in [-0.2, 0) is 10.0 Å². The molecule has 0 spiro atoms. The fourth-order valence-electron chi connectivity index (χ4n) is 2.32. The second-order valence-corrected chi connectivity index (χ2v) is 7.95. The molecule has 0 heterocycles. The summed E-state index contributed by atoms with van der Waals surface area (Å²) in [6.07, 6.45) is 0. The number of methoxy groups -OCH3 is 1. The maximum Gasteiger partial charge on any atom is 0.242 e. The van der Waals surface area contributed by atoms with Crippen LogP contribution in [0.2, 0.25) is 10.0 Å². The average Bonchev–Trinajstić information content (AvgIpc) is 2.53. The molecule has 1 N–H and O–H groups in total. The zero-order valence-electron chi connectivity index (χ0n) is 14.1. The van der Waals surface area contributed by atoms with Crippen molar-refractivity contribution in [3.63, 3.8) is 0 Å². The Morgan fingerprint density at radius 2 is 1.68 bits per heavy atom. The molecular weight excluding hydrogens is 385 g/mol. The molecule has 2 aromatic carbocycles. The predicted molar refractivity (Wildman–Crippen MR) is 99.6 cm³/mol. The highest BCUT2D eigenvalue weighted by Gasteiger charge is 2.21. The second kappa shape index (κ2) is 8.27. The molecule has 8 heteroatoms. The number of rotatable bonds is 7. The van der Waals surface area contributed by atoms with Crippen LogP contribution in [0, 0.1) is 13.8 Å². The van der Waals surface area contributed by atoms with E-state index in [1.807, 2.05) is 32.0 Å². The molecule has 25 heavy (non-hydrogen) atoms. The molecule has 0 aliphatic heterocycles. The Bertz CT molecular complexity index is 849. The number of halogens is 2. The summed E-state index contributed by atoms with van der Waals surface area (Å²) in [6.45, 7) is 4.22. The minimum Gasteiger partial charge on any atom is -0.495 e. The predicted octanol–water partition coefficient (Wildman–Crippen LogP) is 3.98. The summed E-state index contributed by atoms with van der Waals surface area (Å²) < 4.78 is 37.8. The molecule has 2 aromatic rings. The van der Waals surface area contributed by atoms with Crippen molar-refractivity contribution < 1.29 is 17.9 Å². The molecule has 0 atom stereocenters. The maximum absolute atomic E-state index is 12.4. The van der Waals surface area contributed by atoms with Gasteiger partial charge in [-0.2, -0.15) is 0 Å². The minimum atomic E-state index is -3.81. The number of ether oxygens (including phenoxy) is 2. The van der Waals surface area contributed by atoms with Gasteiger partial charge in [0.15, 0.2) is 0 Å². The monoisotopic (exact) mass is 403 g/mol. The van der Waals surface area contributed by atoms with E-state index in [1.54, 1.807) is 0 Å². The van der Waals surface area contributed by atoms with E-state index in [-0.39, 0.29) is 28.1 Å². The lowest BCUT2D eigenvalue weighted by molar-refractivity contribution is 0.322. The van der Waals surface area contributed by atoms with Crippen LogP contribution in [0.5, 0.6) is 11.5 Å². The van der Waals surface area contributed by atoms with Gasteiger partial charge in [0.05, 0.1) is 12.1 Å². The third-order valence-corrected chi connectivity index (χ3v) is 5.86. The van der Waals surface area contributed by atoms with E-state index >= 15 is 0 Å². The molecule has 0 aromatic heterocycles. The Kier molecular flexibility index (Phi) is 6.57. The zero-order chi connectivity index (χ0) is 18.6. The Balaban J connectivity index is 2.01. The molecular formula is C17H19Cl2NO4S. The Hall–Kier alpha value is -1.47. The molecule has 2 rings (SSSR count). The van der Waals surface area contributed by atoms with E-state index in [1.165, 1.54) is 19.2 Å². The van der Waals surface area contributed by atoms with Crippen LogP contribution >= 0.6 is 23.2 Å². The van der Waals surface area contributed by atoms with Gasteiger partial charge in [-0.05, 0) is 49.2 Å². The van der Waals surface area contributed by atoms with Crippen LogP contribution in [0.25, 0.3) is 0 Å². The van der Waals surface area contributed by atoms with Crippen molar-refractivity contribution in [1.29, 1.82) is 0 Å². The molecule has 0 aliphatic carbocycles. The van der Waals surface area contributed by atoms with Crippen molar-refractivity contribution in [3.05, 3.63) is 51.5 Å². The van der Waals surface area contributed by atoms with Crippen molar-refractivity contribution >= 4 is 33.2 Å². The zero-order valence-corrected chi connectivity index (χ0v) is 16.4. The van der Waals surface area contributed by atoms with Gasteiger partial charge in [-0.3, -0.25) is 0 Å². The SMILES string of the molecule is COc1ccc(S(=O)(=O)NCCOc2cc(C)cc(C)c2)c(Cl)c1Cl. The first-order valence-corrected chi connectivity index (χ1v) is 9.71. The molecule has 0 bridgehead atoms. The summed E-state index contributed by atoms with van der Waals surface area (Å²) in [7, 11) is -2.39. The van der Waals surface area contributed by atoms with E-state index in [4.69, 9.17) is 32.7 Å². The van der Waals surface area contributed by atoms with Crippen molar-refractivity contribution in [3.8, 4) is 11.5 Å². The van der Waals surface area contributed by atoms with Crippen LogP contribution in [0.15, 0.2) is 35.2 Å². The minimum absolute atomic E-state index is 0.0542. The van der Waals surface area contributed by atoms with Crippen molar-refractivity contribution in [2.75, 3.05) is 20.3 Å². The summed E-state index contributed by atoms with van der Waals surface area (Å²) in [6, 6.07) is 8.61. The molecule has 136 valence electrons. The standard InChI is InChI=1S/C17H19Cl2NO4S/c1-11-8-12(2)10-13(9-11)24-7-6-20-25(21,22)15-5-4-14(23-3)16(18)17(15)19/h4-5,8-10,20H,6-7H2,1-3H3. The van der Waals surface area contributed by atoms with Gasteiger partial charge >= 0.3 is 0 Å². The first kappa shape index (κ1) is 19.8. The molecule has 0 fully saturated rings. The van der Waals surface area contributed by atoms with E-state index in [0.717, 1.165) is 11.1 Å². The van der Waals surface area contributed by atoms with Crippen molar-refractivity contribution in [1.82, 2.24) is 4.72 Å². The maximum atomic E-state index is 12.4. The first-order valence-electron chi connectivity index (χ1n) is 7.47. The number of nitrogens with one attached hydrogen (secondary N) is 1. The molecule has 0 amide bonds. The van der Waals surface area contributed by atoms with Gasteiger partial charge in [0.25, 0.3) is 0 Å². The number of aryl methyl sites for hydroxylation is 2. The van der Waals surface area contributed by atoms with Crippen molar-refractivity contribution in [2.45, 2.75) is 18.7 Å². The fourth-order valence-corrected chi connectivity index (χ4v) is 4.17. The lowest BCUT2D eigenvalue weighted by Gasteiger charge is -2.12. The van der Waals surface area contributed by atoms with Gasteiger partial charge < -0.3 is 9.47 Å². The number of sulfonamides is 1. The summed E-state index contributed by atoms with van der Waals surface area (Å²) in [5.74, 6) is 1.01. The van der Waals surface area contributed by atoms with Crippen molar-refractivity contribution in [2.24, 2.45) is 0 Å². The fraction of sp³-hybridized carbons (Fsp3) is 0.294. The molecule has 0 saturated carbocycles. The topological polar surface area (TPSA) is 64.6 Å². The van der Waals surface area contributed by atoms with E-state index in [9.17, 15) is 8.42 Å². The molecule has 0 radical (unpaired) electrons. The van der Waals surface area contributed by atoms with E-state index < -0.39 is 10.0 Å². The summed E-state index contributed by atoms with van der Waals surface area (Å²) in [5, 5.41) is -0.0257. The molecule has 5 nitrogen and oxygen atoms in total. The Morgan fingerprint density at radius 3 is 2.28 bits per heavy atom. The summed E-state index contributed by atoms with van der Waals surface area (Å²) >= 11 is 12.0. The van der Waals surface area contributed by atoms with E-state index in [0.29, 0.717) is 11.5 Å². The van der Waals surface area contributed by atoms with Gasteiger partial charge in [0.2, 0.25) is 10.0 Å². The average molecular weight is 404 g/mol. The number of hydrogen-bond donors (Lipinski definition) is 1. The highest BCUT2D eigenvalue weighted by Crippen LogP contribution is 2.36. The Labute approximate surface area is 157 Å². The number of benzene rings is 2. The van der Waals surface area contributed by atoms with E-state index in [2.05, 4.69) is 4.72 Å². The van der Waals surface area contributed by atoms with Gasteiger partial charge in [-0.1, -0.05) is 29.3 Å². The van der Waals surface area contributed by atoms with Crippen LogP contribution in [0.4, 0.5) is 0 Å². The third-order valence-electron chi connectivity index (χ3n) is 3.38. The molecule has 0 aliphatic rings. The second-order valence-electron chi connectivity index (χ2n) is 5.46. The summed E-state index contributed by atoms with van der Waals surface area (Å²) in [5.41, 5.74) is 2.16. The molecule has 0 saturated heterocycles. The third kappa shape index (κ3) is 5.01. The highest BCUT2D eigenvalue weighted by atomic mass is 35.5. The normalized spacial score (nSPS) is 11.4. The lowest BCUT2D eigenvalue weighted by atomic mass is 10.1.